The summed E-state index contributed by atoms with van der Waals surface area (Å²) in [5.74, 6) is 0.716. The Bertz CT molecular complexity index is 972. The number of carbonyl (C=O) groups is 1. The smallest absolute Gasteiger partial charge is 0.329 e. The number of piperidine rings is 1. The molecular weight excluding hydrogens is 402 g/mol. The van der Waals surface area contributed by atoms with Gasteiger partial charge in [0.15, 0.2) is 0 Å². The molecule has 0 bridgehead atoms. The van der Waals surface area contributed by atoms with Gasteiger partial charge in [0.2, 0.25) is 0 Å². The fraction of sp³-hybridized carbons (Fsp3) is 0.680. The highest BCUT2D eigenvalue weighted by Gasteiger charge is 2.39. The number of carbonyl (C=O) groups excluding carboxylic acids is 1. The van der Waals surface area contributed by atoms with Crippen molar-refractivity contribution in [1.82, 2.24) is 19.4 Å². The van der Waals surface area contributed by atoms with Gasteiger partial charge in [-0.25, -0.2) is 9.59 Å². The maximum absolute atomic E-state index is 13.4. The average Bonchev–Trinajstić information content (AvgIpc) is 3.03. The number of rotatable bonds is 5. The predicted octanol–water partition coefficient (Wildman–Crippen LogP) is 3.86. The topological polar surface area (TPSA) is 85.3 Å². The van der Waals surface area contributed by atoms with Crippen LogP contribution >= 0.6 is 0 Å². The molecule has 1 saturated heterocycles. The number of para-hydroxylation sites is 2. The number of nitrogens with zero attached hydrogens (tertiary/aromatic N) is 3. The fourth-order valence-corrected chi connectivity index (χ4v) is 6.07. The number of likely N-dealkylation sites (tertiary alicyclic amines) is 1. The summed E-state index contributed by atoms with van der Waals surface area (Å²) in [4.78, 5) is 27.9. The lowest BCUT2D eigenvalue weighted by Crippen LogP contribution is -2.60. The predicted molar refractivity (Wildman–Crippen MR) is 129 cm³/mol. The normalized spacial score (nSPS) is 26.0. The Morgan fingerprint density at radius 1 is 1.06 bits per heavy atom. The number of imidazole rings is 1. The van der Waals surface area contributed by atoms with Crippen molar-refractivity contribution >= 4 is 17.1 Å². The van der Waals surface area contributed by atoms with Crippen LogP contribution in [0.3, 0.4) is 0 Å². The highest BCUT2D eigenvalue weighted by molar-refractivity contribution is 5.76. The van der Waals surface area contributed by atoms with Gasteiger partial charge in [-0.05, 0) is 51.2 Å². The van der Waals surface area contributed by atoms with Crippen LogP contribution in [0.2, 0.25) is 0 Å². The summed E-state index contributed by atoms with van der Waals surface area (Å²) in [7, 11) is 0. The van der Waals surface area contributed by atoms with E-state index in [2.05, 4.69) is 17.1 Å². The Kier molecular flexibility index (Phi) is 7.23. The molecule has 32 heavy (non-hydrogen) atoms. The summed E-state index contributed by atoms with van der Waals surface area (Å²) in [5, 5.41) is 3.02. The highest BCUT2D eigenvalue weighted by Crippen LogP contribution is 2.32. The van der Waals surface area contributed by atoms with E-state index in [1.807, 2.05) is 40.3 Å². The molecule has 2 aliphatic rings. The van der Waals surface area contributed by atoms with Gasteiger partial charge in [-0.1, -0.05) is 44.2 Å². The molecule has 2 amide bonds. The number of aromatic nitrogens is 2. The van der Waals surface area contributed by atoms with Gasteiger partial charge < -0.3 is 11.1 Å². The standard InChI is InChI=1S/C25H39N5O2/c1-3-29-20-13-9-10-14-21(20)30(25(29)32)22-15-16-28(18(2)23(22)27-24(26)31)17-19-11-7-5-4-6-8-12-19/h9-10,13-14,18-19,22-23H,3-8,11-12,15-17H2,1-2H3,(H3,26,27,31). The second-order valence-corrected chi connectivity index (χ2v) is 9.72. The molecule has 1 aromatic heterocycles. The van der Waals surface area contributed by atoms with Crippen LogP contribution in [-0.2, 0) is 6.54 Å². The molecule has 2 aromatic rings. The zero-order chi connectivity index (χ0) is 22.7. The van der Waals surface area contributed by atoms with Crippen LogP contribution in [0, 0.1) is 5.92 Å². The summed E-state index contributed by atoms with van der Waals surface area (Å²) in [5.41, 5.74) is 7.49. The molecule has 7 heteroatoms. The van der Waals surface area contributed by atoms with Crippen LogP contribution < -0.4 is 16.7 Å². The molecule has 3 N–H and O–H groups in total. The number of primary amides is 1. The Balaban J connectivity index is 1.62. The quantitative estimate of drug-likeness (QED) is 0.739. The third-order valence-corrected chi connectivity index (χ3v) is 7.77. The Labute approximate surface area is 190 Å². The Morgan fingerprint density at radius 2 is 1.72 bits per heavy atom. The first-order valence-electron chi connectivity index (χ1n) is 12.5. The number of fused-ring (bicyclic) bond motifs is 1. The number of hydrogen-bond acceptors (Lipinski definition) is 3. The van der Waals surface area contributed by atoms with Crippen molar-refractivity contribution in [2.45, 2.75) is 89.9 Å². The monoisotopic (exact) mass is 441 g/mol. The van der Waals surface area contributed by atoms with Crippen molar-refractivity contribution in [3.05, 3.63) is 34.7 Å². The first-order valence-corrected chi connectivity index (χ1v) is 12.5. The van der Waals surface area contributed by atoms with Gasteiger partial charge in [0, 0.05) is 25.7 Å². The summed E-state index contributed by atoms with van der Waals surface area (Å²) >= 11 is 0. The molecule has 1 saturated carbocycles. The molecule has 0 spiro atoms. The van der Waals surface area contributed by atoms with Crippen LogP contribution in [0.25, 0.3) is 11.0 Å². The molecule has 0 radical (unpaired) electrons. The van der Waals surface area contributed by atoms with Crippen molar-refractivity contribution < 1.29 is 4.79 Å². The summed E-state index contributed by atoms with van der Waals surface area (Å²) < 4.78 is 3.73. The molecule has 1 aromatic carbocycles. The number of benzene rings is 1. The van der Waals surface area contributed by atoms with Gasteiger partial charge in [0.1, 0.15) is 0 Å². The van der Waals surface area contributed by atoms with Gasteiger partial charge in [0.05, 0.1) is 23.1 Å². The molecule has 7 nitrogen and oxygen atoms in total. The number of nitrogens with one attached hydrogen (secondary N) is 1. The third-order valence-electron chi connectivity index (χ3n) is 7.77. The first kappa shape index (κ1) is 22.9. The number of aryl methyl sites for hydroxylation is 1. The molecule has 4 rings (SSSR count). The van der Waals surface area contributed by atoms with Crippen LogP contribution in [-0.4, -0.2) is 45.2 Å². The zero-order valence-corrected chi connectivity index (χ0v) is 19.6. The van der Waals surface area contributed by atoms with E-state index < -0.39 is 6.03 Å². The lowest BCUT2D eigenvalue weighted by molar-refractivity contribution is 0.0708. The van der Waals surface area contributed by atoms with Crippen LogP contribution in [0.4, 0.5) is 4.79 Å². The molecule has 176 valence electrons. The first-order chi connectivity index (χ1) is 15.5. The zero-order valence-electron chi connectivity index (χ0n) is 19.6. The van der Waals surface area contributed by atoms with E-state index in [-0.39, 0.29) is 23.8 Å². The number of hydrogen-bond donors (Lipinski definition) is 2. The minimum atomic E-state index is -0.521. The molecular formula is C25H39N5O2. The van der Waals surface area contributed by atoms with Crippen molar-refractivity contribution in [1.29, 1.82) is 0 Å². The van der Waals surface area contributed by atoms with Crippen molar-refractivity contribution in [2.75, 3.05) is 13.1 Å². The maximum Gasteiger partial charge on any atom is 0.329 e. The van der Waals surface area contributed by atoms with Crippen molar-refractivity contribution in [2.24, 2.45) is 11.7 Å². The Morgan fingerprint density at radius 3 is 2.38 bits per heavy atom. The van der Waals surface area contributed by atoms with Crippen molar-refractivity contribution in [3.8, 4) is 0 Å². The van der Waals surface area contributed by atoms with E-state index in [0.717, 1.165) is 30.5 Å². The summed E-state index contributed by atoms with van der Waals surface area (Å²) in [6.07, 6.45) is 10.1. The lowest BCUT2D eigenvalue weighted by Gasteiger charge is -2.45. The van der Waals surface area contributed by atoms with E-state index in [1.165, 1.54) is 44.9 Å². The largest absolute Gasteiger partial charge is 0.352 e. The van der Waals surface area contributed by atoms with Crippen LogP contribution in [0.5, 0.6) is 0 Å². The maximum atomic E-state index is 13.4. The SMILES string of the molecule is CCn1c(=O)n(C2CCN(CC3CCCCCCC3)C(C)C2NC(N)=O)c2ccccc21. The molecule has 2 fully saturated rings. The van der Waals surface area contributed by atoms with Gasteiger partial charge in [-0.3, -0.25) is 14.0 Å². The van der Waals surface area contributed by atoms with E-state index in [9.17, 15) is 9.59 Å². The molecule has 2 heterocycles. The van der Waals surface area contributed by atoms with E-state index in [0.29, 0.717) is 12.5 Å². The molecule has 1 aliphatic heterocycles. The number of nitrogens with two attached hydrogens (primary N) is 1. The second-order valence-electron chi connectivity index (χ2n) is 9.72. The van der Waals surface area contributed by atoms with E-state index in [1.54, 1.807) is 0 Å². The van der Waals surface area contributed by atoms with E-state index >= 15 is 0 Å². The van der Waals surface area contributed by atoms with E-state index in [4.69, 9.17) is 5.73 Å². The fourth-order valence-electron chi connectivity index (χ4n) is 6.07. The van der Waals surface area contributed by atoms with Gasteiger partial charge in [-0.2, -0.15) is 0 Å². The molecule has 1 aliphatic carbocycles. The van der Waals surface area contributed by atoms with Crippen molar-refractivity contribution in [3.63, 3.8) is 0 Å². The minimum absolute atomic E-state index is 0.00404. The summed E-state index contributed by atoms with van der Waals surface area (Å²) in [6, 6.07) is 7.23. The number of amides is 2. The minimum Gasteiger partial charge on any atom is -0.352 e. The third kappa shape index (κ3) is 4.58. The van der Waals surface area contributed by atoms with Crippen LogP contribution in [0.15, 0.2) is 29.1 Å². The Hall–Kier alpha value is -2.28. The van der Waals surface area contributed by atoms with Gasteiger partial charge in [-0.15, -0.1) is 0 Å². The molecule has 3 unspecified atom stereocenters. The lowest BCUT2D eigenvalue weighted by atomic mass is 9.87. The number of urea groups is 1. The summed E-state index contributed by atoms with van der Waals surface area (Å²) in [6.45, 7) is 6.79. The second kappa shape index (κ2) is 10.1. The van der Waals surface area contributed by atoms with Gasteiger partial charge in [0.25, 0.3) is 0 Å². The molecule has 3 atom stereocenters. The highest BCUT2D eigenvalue weighted by atomic mass is 16.2. The van der Waals surface area contributed by atoms with Crippen LogP contribution in [0.1, 0.15) is 71.3 Å². The average molecular weight is 442 g/mol. The van der Waals surface area contributed by atoms with Gasteiger partial charge >= 0.3 is 11.7 Å².